The van der Waals surface area contributed by atoms with Crippen LogP contribution < -0.4 is 5.32 Å². The van der Waals surface area contributed by atoms with Gasteiger partial charge in [0.1, 0.15) is 0 Å². The molecule has 1 saturated heterocycles. The molecule has 0 radical (unpaired) electrons. The molecule has 1 heterocycles. The summed E-state index contributed by atoms with van der Waals surface area (Å²) in [5.74, 6) is -0.429. The number of anilines is 1. The first kappa shape index (κ1) is 20.8. The van der Waals surface area contributed by atoms with Gasteiger partial charge in [-0.25, -0.2) is 8.42 Å². The minimum absolute atomic E-state index is 0.101. The highest BCUT2D eigenvalue weighted by Crippen LogP contribution is 2.26. The summed E-state index contributed by atoms with van der Waals surface area (Å²) in [6.45, 7) is 4.98. The van der Waals surface area contributed by atoms with E-state index in [4.69, 9.17) is 11.6 Å². The van der Waals surface area contributed by atoms with Crippen LogP contribution in [0.1, 0.15) is 47.2 Å². The van der Waals surface area contributed by atoms with Crippen LogP contribution in [0.5, 0.6) is 0 Å². The molecule has 5 nitrogen and oxygen atoms in total. The third-order valence-corrected chi connectivity index (χ3v) is 7.37. The Kier molecular flexibility index (Phi) is 6.43. The molecule has 2 aromatic carbocycles. The fourth-order valence-electron chi connectivity index (χ4n) is 3.29. The maximum absolute atomic E-state index is 13.0. The molecule has 1 aliphatic rings. The molecule has 0 aromatic heterocycles. The Labute approximate surface area is 171 Å². The molecule has 0 atom stereocenters. The van der Waals surface area contributed by atoms with Crippen molar-refractivity contribution in [3.63, 3.8) is 0 Å². The molecule has 0 unspecified atom stereocenters. The predicted molar refractivity (Wildman–Crippen MR) is 113 cm³/mol. The van der Waals surface area contributed by atoms with Gasteiger partial charge in [0, 0.05) is 18.8 Å². The van der Waals surface area contributed by atoms with Crippen molar-refractivity contribution < 1.29 is 13.2 Å². The second-order valence-electron chi connectivity index (χ2n) is 7.21. The third-order valence-electron chi connectivity index (χ3n) is 5.15. The van der Waals surface area contributed by atoms with Crippen LogP contribution in [0.3, 0.4) is 0 Å². The average Bonchev–Trinajstić information content (AvgIpc) is 2.95. The Hall–Kier alpha value is -1.89. The minimum atomic E-state index is -3.65. The van der Waals surface area contributed by atoms with Gasteiger partial charge in [-0.3, -0.25) is 4.79 Å². The van der Waals surface area contributed by atoms with Crippen molar-refractivity contribution in [1.29, 1.82) is 0 Å². The normalized spacial score (nSPS) is 15.8. The predicted octanol–water partition coefficient (Wildman–Crippen LogP) is 4.77. The summed E-state index contributed by atoms with van der Waals surface area (Å²) in [6, 6.07) is 9.92. The van der Waals surface area contributed by atoms with Crippen LogP contribution in [0.15, 0.2) is 41.3 Å². The van der Waals surface area contributed by atoms with Crippen molar-refractivity contribution in [3.8, 4) is 0 Å². The van der Waals surface area contributed by atoms with Crippen molar-refractivity contribution >= 4 is 33.2 Å². The molecular weight excluding hydrogens is 396 g/mol. The first-order valence-corrected chi connectivity index (χ1v) is 11.3. The molecule has 3 rings (SSSR count). The van der Waals surface area contributed by atoms with Gasteiger partial charge in [0.25, 0.3) is 5.91 Å². The van der Waals surface area contributed by atoms with E-state index in [1.165, 1.54) is 22.5 Å². The molecule has 0 bridgehead atoms. The highest BCUT2D eigenvalue weighted by Gasteiger charge is 2.26. The Morgan fingerprint density at radius 1 is 0.964 bits per heavy atom. The molecule has 1 amide bonds. The highest BCUT2D eigenvalue weighted by molar-refractivity contribution is 7.89. The van der Waals surface area contributed by atoms with E-state index in [2.05, 4.69) is 5.32 Å². The lowest BCUT2D eigenvalue weighted by molar-refractivity contribution is 0.102. The summed E-state index contributed by atoms with van der Waals surface area (Å²) in [6.07, 6.45) is 3.78. The van der Waals surface area contributed by atoms with Gasteiger partial charge in [-0.05, 0) is 68.1 Å². The van der Waals surface area contributed by atoms with E-state index in [-0.39, 0.29) is 15.5 Å². The second-order valence-corrected chi connectivity index (χ2v) is 9.56. The van der Waals surface area contributed by atoms with Gasteiger partial charge in [-0.15, -0.1) is 0 Å². The summed E-state index contributed by atoms with van der Waals surface area (Å²) in [5.41, 5.74) is 2.98. The Balaban J connectivity index is 1.88. The fourth-order valence-corrected chi connectivity index (χ4v) is 5.03. The first-order valence-electron chi connectivity index (χ1n) is 9.47. The number of aryl methyl sites for hydroxylation is 2. The maximum Gasteiger partial charge on any atom is 0.257 e. The Morgan fingerprint density at radius 3 is 2.29 bits per heavy atom. The molecule has 28 heavy (non-hydrogen) atoms. The monoisotopic (exact) mass is 420 g/mol. The van der Waals surface area contributed by atoms with Crippen molar-refractivity contribution in [2.75, 3.05) is 18.4 Å². The van der Waals surface area contributed by atoms with Gasteiger partial charge in [-0.1, -0.05) is 30.5 Å². The van der Waals surface area contributed by atoms with Gasteiger partial charge in [-0.2, -0.15) is 4.31 Å². The number of sulfonamides is 1. The van der Waals surface area contributed by atoms with Crippen LogP contribution in [0, 0.1) is 13.8 Å². The number of nitrogens with zero attached hydrogens (tertiary/aromatic N) is 1. The summed E-state index contributed by atoms with van der Waals surface area (Å²) in [5, 5.41) is 3.02. The first-order chi connectivity index (χ1) is 13.3. The summed E-state index contributed by atoms with van der Waals surface area (Å²) in [7, 11) is -3.65. The largest absolute Gasteiger partial charge is 0.322 e. The third kappa shape index (κ3) is 4.57. The lowest BCUT2D eigenvalue weighted by atomic mass is 10.1. The number of carbonyl (C=O) groups is 1. The number of amides is 1. The van der Waals surface area contributed by atoms with Crippen molar-refractivity contribution in [3.05, 3.63) is 58.1 Å². The van der Waals surface area contributed by atoms with E-state index in [1.54, 1.807) is 0 Å². The quantitative estimate of drug-likeness (QED) is 0.774. The number of carbonyl (C=O) groups excluding carboxylic acids is 1. The highest BCUT2D eigenvalue weighted by atomic mass is 35.5. The molecule has 1 N–H and O–H groups in total. The van der Waals surface area contributed by atoms with Crippen molar-refractivity contribution in [2.45, 2.75) is 44.4 Å². The fraction of sp³-hybridized carbons (Fsp3) is 0.381. The van der Waals surface area contributed by atoms with E-state index < -0.39 is 15.9 Å². The average molecular weight is 421 g/mol. The summed E-state index contributed by atoms with van der Waals surface area (Å²) >= 11 is 6.21. The summed E-state index contributed by atoms with van der Waals surface area (Å²) in [4.78, 5) is 12.8. The maximum atomic E-state index is 13.0. The Bertz CT molecular complexity index is 981. The van der Waals surface area contributed by atoms with E-state index >= 15 is 0 Å². The van der Waals surface area contributed by atoms with E-state index in [0.717, 1.165) is 36.8 Å². The van der Waals surface area contributed by atoms with Crippen LogP contribution in [-0.2, 0) is 10.0 Å². The zero-order valence-electron chi connectivity index (χ0n) is 16.2. The molecule has 7 heteroatoms. The van der Waals surface area contributed by atoms with E-state index in [9.17, 15) is 13.2 Å². The van der Waals surface area contributed by atoms with E-state index in [0.29, 0.717) is 18.8 Å². The lowest BCUT2D eigenvalue weighted by Crippen LogP contribution is -2.32. The second kappa shape index (κ2) is 8.64. The van der Waals surface area contributed by atoms with Crippen molar-refractivity contribution in [2.24, 2.45) is 0 Å². The molecule has 0 aliphatic carbocycles. The van der Waals surface area contributed by atoms with Crippen molar-refractivity contribution in [1.82, 2.24) is 4.31 Å². The lowest BCUT2D eigenvalue weighted by Gasteiger charge is -2.20. The smallest absolute Gasteiger partial charge is 0.257 e. The number of benzene rings is 2. The van der Waals surface area contributed by atoms with Gasteiger partial charge in [0.15, 0.2) is 0 Å². The number of hydrogen-bond donors (Lipinski definition) is 1. The Morgan fingerprint density at radius 2 is 1.64 bits per heavy atom. The minimum Gasteiger partial charge on any atom is -0.322 e. The molecule has 0 saturated carbocycles. The number of nitrogens with one attached hydrogen (secondary N) is 1. The number of rotatable bonds is 4. The molecule has 2 aromatic rings. The van der Waals surface area contributed by atoms with Crippen LogP contribution in [0.4, 0.5) is 5.69 Å². The van der Waals surface area contributed by atoms with Crippen LogP contribution >= 0.6 is 11.6 Å². The van der Waals surface area contributed by atoms with Crippen LogP contribution in [-0.4, -0.2) is 31.7 Å². The van der Waals surface area contributed by atoms with Gasteiger partial charge in [0.2, 0.25) is 10.0 Å². The molecule has 1 fully saturated rings. The number of hydrogen-bond acceptors (Lipinski definition) is 3. The molecule has 0 spiro atoms. The number of halogens is 1. The molecule has 1 aliphatic heterocycles. The SMILES string of the molecule is Cc1ccc(NC(=O)c2cc(S(=O)(=O)N3CCCCCC3)ccc2Cl)cc1C. The zero-order chi connectivity index (χ0) is 20.3. The van der Waals surface area contributed by atoms with Gasteiger partial charge < -0.3 is 5.32 Å². The summed E-state index contributed by atoms with van der Waals surface area (Å²) < 4.78 is 27.5. The van der Waals surface area contributed by atoms with Crippen LogP contribution in [0.2, 0.25) is 5.02 Å². The van der Waals surface area contributed by atoms with E-state index in [1.807, 2.05) is 32.0 Å². The molecular formula is C21H25ClN2O3S. The van der Waals surface area contributed by atoms with Gasteiger partial charge in [0.05, 0.1) is 15.5 Å². The standard InChI is InChI=1S/C21H25ClN2O3S/c1-15-7-8-17(13-16(15)2)23-21(25)19-14-18(9-10-20(19)22)28(26,27)24-11-5-3-4-6-12-24/h7-10,13-14H,3-6,11-12H2,1-2H3,(H,23,25). The van der Waals surface area contributed by atoms with Gasteiger partial charge >= 0.3 is 0 Å². The van der Waals surface area contributed by atoms with Crippen LogP contribution in [0.25, 0.3) is 0 Å². The zero-order valence-corrected chi connectivity index (χ0v) is 17.7. The topological polar surface area (TPSA) is 66.5 Å². The molecule has 150 valence electrons.